The Labute approximate surface area is 149 Å². The number of anilines is 1. The van der Waals surface area contributed by atoms with E-state index in [1.165, 1.54) is 22.3 Å². The summed E-state index contributed by atoms with van der Waals surface area (Å²) >= 11 is 0. The van der Waals surface area contributed by atoms with Crippen molar-refractivity contribution in [2.45, 2.75) is 0 Å². The molecule has 25 heavy (non-hydrogen) atoms. The molecule has 1 nitrogen and oxygen atoms in total. The number of benzene rings is 3. The second kappa shape index (κ2) is 7.98. The maximum absolute atomic E-state index is 3.80. The molecular formula is C24H21N. The Morgan fingerprint density at radius 2 is 1.12 bits per heavy atom. The molecule has 3 rings (SSSR count). The van der Waals surface area contributed by atoms with Crippen LogP contribution in [0.1, 0.15) is 0 Å². The van der Waals surface area contributed by atoms with Crippen LogP contribution < -0.4 is 5.32 Å². The van der Waals surface area contributed by atoms with Gasteiger partial charge in [0, 0.05) is 11.4 Å². The number of rotatable bonds is 6. The molecule has 0 aliphatic heterocycles. The Morgan fingerprint density at radius 3 is 1.60 bits per heavy atom. The molecule has 0 aliphatic rings. The molecule has 0 unspecified atom stereocenters. The van der Waals surface area contributed by atoms with Crippen molar-refractivity contribution in [3.05, 3.63) is 116 Å². The molecule has 122 valence electrons. The van der Waals surface area contributed by atoms with Crippen molar-refractivity contribution in [3.63, 3.8) is 0 Å². The second-order valence-electron chi connectivity index (χ2n) is 5.71. The smallest absolute Gasteiger partial charge is 0.0384 e. The Kier molecular flexibility index (Phi) is 5.28. The zero-order chi connectivity index (χ0) is 17.5. The summed E-state index contributed by atoms with van der Waals surface area (Å²) in [5, 5.41) is 3.31. The van der Waals surface area contributed by atoms with Gasteiger partial charge in [-0.2, -0.15) is 0 Å². The highest BCUT2D eigenvalue weighted by Gasteiger charge is 2.01. The van der Waals surface area contributed by atoms with Crippen molar-refractivity contribution in [2.24, 2.45) is 0 Å². The van der Waals surface area contributed by atoms with E-state index >= 15 is 0 Å². The summed E-state index contributed by atoms with van der Waals surface area (Å²) in [6, 6.07) is 27.5. The monoisotopic (exact) mass is 323 g/mol. The number of nitrogens with one attached hydrogen (secondary N) is 1. The number of hydrogen-bond acceptors (Lipinski definition) is 1. The van der Waals surface area contributed by atoms with Crippen LogP contribution in [-0.4, -0.2) is 0 Å². The van der Waals surface area contributed by atoms with Crippen LogP contribution in [0.25, 0.3) is 22.3 Å². The van der Waals surface area contributed by atoms with E-state index in [9.17, 15) is 0 Å². The van der Waals surface area contributed by atoms with Crippen LogP contribution >= 0.6 is 0 Å². The summed E-state index contributed by atoms with van der Waals surface area (Å²) < 4.78 is 0. The van der Waals surface area contributed by atoms with Crippen molar-refractivity contribution in [2.75, 3.05) is 5.32 Å². The molecule has 0 bridgehead atoms. The molecule has 3 aromatic carbocycles. The van der Waals surface area contributed by atoms with Gasteiger partial charge in [-0.1, -0.05) is 86.0 Å². The summed E-state index contributed by atoms with van der Waals surface area (Å²) in [6.07, 6.45) is 5.41. The van der Waals surface area contributed by atoms with Crippen LogP contribution in [0.3, 0.4) is 0 Å². The summed E-state index contributed by atoms with van der Waals surface area (Å²) in [5.74, 6) is 0. The van der Waals surface area contributed by atoms with Gasteiger partial charge in [0.15, 0.2) is 0 Å². The minimum Gasteiger partial charge on any atom is -0.356 e. The lowest BCUT2D eigenvalue weighted by Gasteiger charge is -2.09. The van der Waals surface area contributed by atoms with E-state index < -0.39 is 0 Å². The molecule has 0 aromatic heterocycles. The molecule has 0 atom stereocenters. The van der Waals surface area contributed by atoms with Crippen molar-refractivity contribution >= 4 is 5.69 Å². The van der Waals surface area contributed by atoms with Gasteiger partial charge < -0.3 is 5.32 Å². The van der Waals surface area contributed by atoms with Crippen molar-refractivity contribution in [3.8, 4) is 22.3 Å². The first-order valence-corrected chi connectivity index (χ1v) is 8.28. The highest BCUT2D eigenvalue weighted by molar-refractivity contribution is 5.71. The van der Waals surface area contributed by atoms with E-state index in [0.717, 1.165) is 11.4 Å². The zero-order valence-electron chi connectivity index (χ0n) is 14.2. The fourth-order valence-corrected chi connectivity index (χ4v) is 2.69. The van der Waals surface area contributed by atoms with E-state index in [2.05, 4.69) is 91.3 Å². The largest absolute Gasteiger partial charge is 0.356 e. The van der Waals surface area contributed by atoms with Gasteiger partial charge in [-0.05, 0) is 46.5 Å². The lowest BCUT2D eigenvalue weighted by molar-refractivity contribution is 1.48. The molecule has 0 heterocycles. The molecule has 0 saturated heterocycles. The lowest BCUT2D eigenvalue weighted by Crippen LogP contribution is -1.95. The summed E-state index contributed by atoms with van der Waals surface area (Å²) in [4.78, 5) is 0. The summed E-state index contributed by atoms with van der Waals surface area (Å²) in [6.45, 7) is 7.50. The van der Waals surface area contributed by atoms with Crippen molar-refractivity contribution in [1.82, 2.24) is 0 Å². The predicted molar refractivity (Wildman–Crippen MR) is 109 cm³/mol. The van der Waals surface area contributed by atoms with Gasteiger partial charge in [-0.3, -0.25) is 0 Å². The van der Waals surface area contributed by atoms with Gasteiger partial charge in [0.2, 0.25) is 0 Å². The van der Waals surface area contributed by atoms with Crippen LogP contribution in [0.15, 0.2) is 116 Å². The van der Waals surface area contributed by atoms with E-state index in [1.54, 1.807) is 12.2 Å². The predicted octanol–water partition coefficient (Wildman–Crippen LogP) is 6.69. The maximum atomic E-state index is 3.80. The van der Waals surface area contributed by atoms with Gasteiger partial charge in [-0.15, -0.1) is 0 Å². The van der Waals surface area contributed by atoms with Gasteiger partial charge in [-0.25, -0.2) is 0 Å². The third kappa shape index (κ3) is 4.15. The number of hydrogen-bond donors (Lipinski definition) is 1. The highest BCUT2D eigenvalue weighted by Crippen LogP contribution is 2.26. The van der Waals surface area contributed by atoms with Crippen LogP contribution in [0.2, 0.25) is 0 Å². The van der Waals surface area contributed by atoms with Crippen molar-refractivity contribution in [1.29, 1.82) is 0 Å². The first-order chi connectivity index (χ1) is 12.3. The molecule has 0 amide bonds. The van der Waals surface area contributed by atoms with Crippen LogP contribution in [0, 0.1) is 0 Å². The Hall–Kier alpha value is -3.32. The fourth-order valence-electron chi connectivity index (χ4n) is 2.69. The fraction of sp³-hybridized carbons (Fsp3) is 0. The molecule has 1 N–H and O–H groups in total. The van der Waals surface area contributed by atoms with Gasteiger partial charge in [0.05, 0.1) is 0 Å². The molecule has 3 aromatic rings. The quantitative estimate of drug-likeness (QED) is 0.498. The van der Waals surface area contributed by atoms with Crippen LogP contribution in [0.5, 0.6) is 0 Å². The Morgan fingerprint density at radius 1 is 0.640 bits per heavy atom. The Bertz CT molecular complexity index is 870. The van der Waals surface area contributed by atoms with Gasteiger partial charge in [0.25, 0.3) is 0 Å². The highest BCUT2D eigenvalue weighted by atomic mass is 14.9. The first-order valence-electron chi connectivity index (χ1n) is 8.28. The topological polar surface area (TPSA) is 12.0 Å². The van der Waals surface area contributed by atoms with Gasteiger partial charge >= 0.3 is 0 Å². The standard InChI is InChI=1S/C24H21N/c1-3-8-23(4-2)25-24-17-15-22(16-18-24)21-13-11-20(12-14-21)19-9-6-5-7-10-19/h3-18,25H,1-2H2/b23-8+. The maximum Gasteiger partial charge on any atom is 0.0384 e. The zero-order valence-corrected chi connectivity index (χ0v) is 14.2. The molecule has 0 radical (unpaired) electrons. The third-order valence-electron chi connectivity index (χ3n) is 4.02. The molecule has 1 heteroatoms. The van der Waals surface area contributed by atoms with E-state index in [0.29, 0.717) is 0 Å². The summed E-state index contributed by atoms with van der Waals surface area (Å²) in [7, 11) is 0. The van der Waals surface area contributed by atoms with Crippen molar-refractivity contribution < 1.29 is 0 Å². The minimum atomic E-state index is 0.926. The summed E-state index contributed by atoms with van der Waals surface area (Å²) in [5.41, 5.74) is 6.81. The van der Waals surface area contributed by atoms with E-state index in [1.807, 2.05) is 12.1 Å². The van der Waals surface area contributed by atoms with Crippen LogP contribution in [0.4, 0.5) is 5.69 Å². The van der Waals surface area contributed by atoms with E-state index in [-0.39, 0.29) is 0 Å². The molecule has 0 aliphatic carbocycles. The normalized spacial score (nSPS) is 11.0. The lowest BCUT2D eigenvalue weighted by atomic mass is 10.0. The van der Waals surface area contributed by atoms with E-state index in [4.69, 9.17) is 0 Å². The van der Waals surface area contributed by atoms with Gasteiger partial charge in [0.1, 0.15) is 0 Å². The SMILES string of the molecule is C=C/C=C(\C=C)Nc1ccc(-c2ccc(-c3ccccc3)cc2)cc1. The molecule has 0 spiro atoms. The molecule has 0 fully saturated rings. The number of allylic oxidation sites excluding steroid dienone is 3. The van der Waals surface area contributed by atoms with Crippen LogP contribution in [-0.2, 0) is 0 Å². The third-order valence-corrected chi connectivity index (χ3v) is 4.02. The second-order valence-corrected chi connectivity index (χ2v) is 5.71. The molecular weight excluding hydrogens is 302 g/mol. The average Bonchev–Trinajstić information content (AvgIpc) is 2.69. The molecule has 0 saturated carbocycles. The minimum absolute atomic E-state index is 0.926. The Balaban J connectivity index is 1.77. The first kappa shape index (κ1) is 16.5. The average molecular weight is 323 g/mol.